The van der Waals surface area contributed by atoms with Gasteiger partial charge in [-0.3, -0.25) is 9.59 Å². The summed E-state index contributed by atoms with van der Waals surface area (Å²) in [5.74, 6) is -1.24. The van der Waals surface area contributed by atoms with Crippen molar-refractivity contribution in [1.29, 1.82) is 0 Å². The zero-order chi connectivity index (χ0) is 62.4. The van der Waals surface area contributed by atoms with Crippen molar-refractivity contribution in [2.45, 2.75) is 314 Å². The van der Waals surface area contributed by atoms with E-state index in [0.717, 1.165) is 135 Å². The molecule has 6 N–H and O–H groups in total. The first-order valence-electron chi connectivity index (χ1n) is 34.5. The summed E-state index contributed by atoms with van der Waals surface area (Å²) < 4.78 is 17.7. The molecule has 86 heavy (non-hydrogen) atoms. The number of hydrogen-bond donors (Lipinski definition) is 6. The van der Waals surface area contributed by atoms with E-state index in [1.807, 2.05) is 6.08 Å². The Morgan fingerprint density at radius 3 is 1.28 bits per heavy atom. The zero-order valence-corrected chi connectivity index (χ0v) is 54.4. The van der Waals surface area contributed by atoms with E-state index in [2.05, 4.69) is 148 Å². The van der Waals surface area contributed by atoms with E-state index in [0.29, 0.717) is 12.8 Å². The summed E-state index contributed by atoms with van der Waals surface area (Å²) >= 11 is 0. The van der Waals surface area contributed by atoms with E-state index in [1.54, 1.807) is 6.08 Å². The van der Waals surface area contributed by atoms with Crippen LogP contribution in [0.15, 0.2) is 134 Å². The molecule has 11 heteroatoms. The number of aliphatic hydroxyl groups excluding tert-OH is 5. The number of nitrogens with one attached hydrogen (secondary N) is 1. The van der Waals surface area contributed by atoms with Crippen molar-refractivity contribution >= 4 is 11.9 Å². The van der Waals surface area contributed by atoms with Gasteiger partial charge < -0.3 is 45.1 Å². The molecule has 1 fully saturated rings. The Morgan fingerprint density at radius 1 is 0.465 bits per heavy atom. The fourth-order valence-corrected chi connectivity index (χ4v) is 9.87. The van der Waals surface area contributed by atoms with E-state index in [1.165, 1.54) is 83.5 Å². The maximum absolute atomic E-state index is 13.4. The molecular weight excluding hydrogens is 1070 g/mol. The number of carbonyl (C=O) groups excluding carboxylic acids is 2. The molecule has 11 nitrogen and oxygen atoms in total. The standard InChI is InChI=1S/C75H125NO10/c1-4-7-10-13-16-19-22-25-27-29-31-32-33-34-35-36-37-38-39-41-43-45-48-51-54-57-60-63-70(80)86-73-72(82)71(81)69(64-77)85-75(73)84-65-66(67(78)61-58-55-52-49-46-24-21-18-15-12-9-6-3)76-74(83)68(79)62-59-56-53-50-47-44-42-40-30-28-26-23-20-17-14-11-8-5-2/h7,10,16-17,19-20,25-28,31-32,34-35,37-38,40,42,47,50,58,61,66-69,71-73,75,77-79,81-82H,4-6,8-9,11-15,18,21-24,29-30,33,36,39,41,43-46,48-49,51-57,59-60,62-65H2,1-3H3,(H,76,83)/b10-7-,19-16-,20-17-,27-25-,28-26-,32-31-,35-34-,38-37-,42-40-,50-47-,61-58+. The van der Waals surface area contributed by atoms with Gasteiger partial charge in [-0.15, -0.1) is 0 Å². The molecule has 0 radical (unpaired) electrons. The topological polar surface area (TPSA) is 175 Å². The third-order valence-corrected chi connectivity index (χ3v) is 15.3. The minimum atomic E-state index is -1.63. The van der Waals surface area contributed by atoms with Crippen LogP contribution in [-0.4, -0.2) is 99.6 Å². The highest BCUT2D eigenvalue weighted by Gasteiger charge is 2.47. The van der Waals surface area contributed by atoms with E-state index in [4.69, 9.17) is 14.2 Å². The Labute approximate surface area is 524 Å². The SMILES string of the molecule is CC/C=C\C/C=C\C/C=C\C/C=C\C/C=C\C/C=C\CCCCCCCCCCC(=O)OC1C(OCC(NC(=O)C(O)CCCC/C=C\C/C=C\C/C=C\C/C=C\CCCCC)C(O)/C=C/CCCCCCCCCCCC)OC(CO)C(O)C1O. The molecule has 490 valence electrons. The molecule has 8 atom stereocenters. The lowest BCUT2D eigenvalue weighted by Gasteiger charge is -2.41. The Kier molecular flexibility index (Phi) is 56.7. The lowest BCUT2D eigenvalue weighted by atomic mass is 9.99. The van der Waals surface area contributed by atoms with Crippen molar-refractivity contribution in [2.75, 3.05) is 13.2 Å². The number of unbranched alkanes of at least 4 members (excludes halogenated alkanes) is 23. The van der Waals surface area contributed by atoms with Gasteiger partial charge in [0.25, 0.3) is 0 Å². The normalized spacial score (nSPS) is 19.2. The highest BCUT2D eigenvalue weighted by Crippen LogP contribution is 2.26. The lowest BCUT2D eigenvalue weighted by molar-refractivity contribution is -0.305. The van der Waals surface area contributed by atoms with Crippen LogP contribution in [0.4, 0.5) is 0 Å². The number of aliphatic hydroxyl groups is 5. The molecule has 1 aliphatic heterocycles. The van der Waals surface area contributed by atoms with Crippen LogP contribution < -0.4 is 5.32 Å². The summed E-state index contributed by atoms with van der Waals surface area (Å²) in [7, 11) is 0. The fraction of sp³-hybridized carbons (Fsp3) is 0.680. The minimum absolute atomic E-state index is 0.101. The first-order valence-corrected chi connectivity index (χ1v) is 34.5. The monoisotopic (exact) mass is 1200 g/mol. The molecule has 0 aliphatic carbocycles. The Bertz CT molecular complexity index is 1910. The van der Waals surface area contributed by atoms with Gasteiger partial charge in [0.1, 0.15) is 24.4 Å². The summed E-state index contributed by atoms with van der Waals surface area (Å²) in [5.41, 5.74) is 0. The molecule has 1 rings (SSSR count). The van der Waals surface area contributed by atoms with Crippen molar-refractivity contribution in [1.82, 2.24) is 5.32 Å². The van der Waals surface area contributed by atoms with E-state index in [9.17, 15) is 35.1 Å². The van der Waals surface area contributed by atoms with Crippen LogP contribution in [0.3, 0.4) is 0 Å². The van der Waals surface area contributed by atoms with Gasteiger partial charge in [-0.05, 0) is 122 Å². The van der Waals surface area contributed by atoms with Crippen LogP contribution in [0.2, 0.25) is 0 Å². The average molecular weight is 1200 g/mol. The van der Waals surface area contributed by atoms with Crippen LogP contribution in [0.25, 0.3) is 0 Å². The summed E-state index contributed by atoms with van der Waals surface area (Å²) in [6.07, 6.45) is 76.3. The van der Waals surface area contributed by atoms with Gasteiger partial charge in [-0.1, -0.05) is 270 Å². The Hall–Kier alpha value is -4.20. The second-order valence-corrected chi connectivity index (χ2v) is 23.2. The van der Waals surface area contributed by atoms with Crippen LogP contribution in [0, 0.1) is 0 Å². The van der Waals surface area contributed by atoms with Gasteiger partial charge in [0.05, 0.1) is 25.4 Å². The largest absolute Gasteiger partial charge is 0.454 e. The summed E-state index contributed by atoms with van der Waals surface area (Å²) in [4.78, 5) is 26.6. The van der Waals surface area contributed by atoms with E-state index in [-0.39, 0.29) is 19.4 Å². The second-order valence-electron chi connectivity index (χ2n) is 23.2. The second kappa shape index (κ2) is 61.1. The van der Waals surface area contributed by atoms with Gasteiger partial charge in [-0.25, -0.2) is 0 Å². The number of ether oxygens (including phenoxy) is 3. The smallest absolute Gasteiger partial charge is 0.306 e. The van der Waals surface area contributed by atoms with Crippen LogP contribution >= 0.6 is 0 Å². The maximum Gasteiger partial charge on any atom is 0.306 e. The third-order valence-electron chi connectivity index (χ3n) is 15.3. The predicted molar refractivity (Wildman–Crippen MR) is 361 cm³/mol. The van der Waals surface area contributed by atoms with E-state index >= 15 is 0 Å². The number of allylic oxidation sites excluding steroid dienone is 21. The number of esters is 1. The Morgan fingerprint density at radius 2 is 0.837 bits per heavy atom. The molecular formula is C75H125NO10. The quantitative estimate of drug-likeness (QED) is 0.0195. The molecule has 0 saturated carbocycles. The van der Waals surface area contributed by atoms with Gasteiger partial charge in [-0.2, -0.15) is 0 Å². The molecule has 1 aliphatic rings. The number of amides is 1. The lowest BCUT2D eigenvalue weighted by Crippen LogP contribution is -2.61. The van der Waals surface area contributed by atoms with Crippen LogP contribution in [0.1, 0.15) is 265 Å². The molecule has 0 spiro atoms. The minimum Gasteiger partial charge on any atom is -0.454 e. The van der Waals surface area contributed by atoms with Crippen LogP contribution in [-0.2, 0) is 23.8 Å². The maximum atomic E-state index is 13.4. The molecule has 1 amide bonds. The van der Waals surface area contributed by atoms with E-state index < -0.39 is 67.4 Å². The molecule has 0 aromatic heterocycles. The van der Waals surface area contributed by atoms with Crippen molar-refractivity contribution in [3.8, 4) is 0 Å². The molecule has 0 aromatic carbocycles. The summed E-state index contributed by atoms with van der Waals surface area (Å²) in [5, 5.41) is 57.1. The molecule has 8 unspecified atom stereocenters. The highest BCUT2D eigenvalue weighted by atomic mass is 16.7. The molecule has 0 aromatic rings. The number of carbonyl (C=O) groups is 2. The fourth-order valence-electron chi connectivity index (χ4n) is 9.87. The average Bonchev–Trinajstić information content (AvgIpc) is 2.65. The van der Waals surface area contributed by atoms with Crippen molar-refractivity contribution in [2.24, 2.45) is 0 Å². The molecule has 1 saturated heterocycles. The van der Waals surface area contributed by atoms with Gasteiger partial charge in [0.15, 0.2) is 12.4 Å². The predicted octanol–water partition coefficient (Wildman–Crippen LogP) is 17.6. The Balaban J connectivity index is 2.62. The van der Waals surface area contributed by atoms with Gasteiger partial charge in [0.2, 0.25) is 5.91 Å². The first-order chi connectivity index (χ1) is 42.2. The number of hydrogen-bond acceptors (Lipinski definition) is 10. The first kappa shape index (κ1) is 79.8. The van der Waals surface area contributed by atoms with Crippen LogP contribution in [0.5, 0.6) is 0 Å². The van der Waals surface area contributed by atoms with Crippen molar-refractivity contribution < 1.29 is 49.3 Å². The van der Waals surface area contributed by atoms with Gasteiger partial charge >= 0.3 is 5.97 Å². The zero-order valence-electron chi connectivity index (χ0n) is 54.4. The summed E-state index contributed by atoms with van der Waals surface area (Å²) in [6, 6.07) is -1.05. The van der Waals surface area contributed by atoms with Crippen molar-refractivity contribution in [3.63, 3.8) is 0 Å². The van der Waals surface area contributed by atoms with Gasteiger partial charge in [0, 0.05) is 6.42 Å². The summed E-state index contributed by atoms with van der Waals surface area (Å²) in [6.45, 7) is 5.62. The number of rotatable bonds is 57. The highest BCUT2D eigenvalue weighted by molar-refractivity contribution is 5.80. The van der Waals surface area contributed by atoms with Crippen molar-refractivity contribution in [3.05, 3.63) is 134 Å². The molecule has 0 bridgehead atoms. The molecule has 1 heterocycles. The third kappa shape index (κ3) is 47.8.